The van der Waals surface area contributed by atoms with Crippen LogP contribution in [-0.4, -0.2) is 9.97 Å². The third kappa shape index (κ3) is 2.85. The summed E-state index contributed by atoms with van der Waals surface area (Å²) in [7, 11) is 0. The lowest BCUT2D eigenvalue weighted by atomic mass is 9.94. The zero-order valence-corrected chi connectivity index (χ0v) is 13.8. The van der Waals surface area contributed by atoms with Crippen LogP contribution in [0.15, 0.2) is 18.2 Å². The molecular formula is C17H21ClN2. The molecule has 1 aromatic carbocycles. The van der Waals surface area contributed by atoms with E-state index in [1.165, 1.54) is 11.1 Å². The Bertz CT molecular complexity index is 655. The predicted molar refractivity (Wildman–Crippen MR) is 85.4 cm³/mol. The average molecular weight is 289 g/mol. The van der Waals surface area contributed by atoms with E-state index in [1.807, 2.05) is 6.92 Å². The van der Waals surface area contributed by atoms with Gasteiger partial charge >= 0.3 is 0 Å². The van der Waals surface area contributed by atoms with E-state index in [2.05, 4.69) is 57.8 Å². The van der Waals surface area contributed by atoms with E-state index in [4.69, 9.17) is 16.6 Å². The number of rotatable bonds is 1. The number of aryl methyl sites for hydroxylation is 2. The number of hydrogen-bond donors (Lipinski definition) is 0. The van der Waals surface area contributed by atoms with E-state index in [0.717, 1.165) is 22.6 Å². The molecule has 0 amide bonds. The lowest BCUT2D eigenvalue weighted by Gasteiger charge is -2.19. The Hall–Kier alpha value is -1.41. The number of halogens is 1. The van der Waals surface area contributed by atoms with Crippen LogP contribution in [0.3, 0.4) is 0 Å². The molecule has 0 aliphatic heterocycles. The van der Waals surface area contributed by atoms with Crippen LogP contribution in [0, 0.1) is 20.8 Å². The van der Waals surface area contributed by atoms with Gasteiger partial charge in [-0.1, -0.05) is 56.1 Å². The molecule has 3 heteroatoms. The zero-order valence-electron chi connectivity index (χ0n) is 13.0. The Balaban J connectivity index is 2.70. The van der Waals surface area contributed by atoms with Crippen molar-refractivity contribution in [3.63, 3.8) is 0 Å². The molecule has 0 saturated heterocycles. The Labute approximate surface area is 126 Å². The van der Waals surface area contributed by atoms with Gasteiger partial charge in [-0.3, -0.25) is 0 Å². The number of aromatic nitrogens is 2. The standard InChI is InChI=1S/C17H21ClN2/c1-10-7-8-13(11(2)9-10)14-12(3)15(18)20-16(19-14)17(4,5)6/h7-9H,1-6H3. The first-order valence-corrected chi connectivity index (χ1v) is 7.20. The highest BCUT2D eigenvalue weighted by atomic mass is 35.5. The van der Waals surface area contributed by atoms with Crippen molar-refractivity contribution in [1.29, 1.82) is 0 Å². The second-order valence-corrected chi connectivity index (χ2v) is 6.74. The summed E-state index contributed by atoms with van der Waals surface area (Å²) in [5.41, 5.74) is 5.34. The summed E-state index contributed by atoms with van der Waals surface area (Å²) >= 11 is 6.31. The monoisotopic (exact) mass is 288 g/mol. The Morgan fingerprint density at radius 3 is 2.20 bits per heavy atom. The minimum atomic E-state index is -0.120. The average Bonchev–Trinajstić information content (AvgIpc) is 2.32. The first-order valence-electron chi connectivity index (χ1n) is 6.82. The van der Waals surface area contributed by atoms with E-state index < -0.39 is 0 Å². The summed E-state index contributed by atoms with van der Waals surface area (Å²) in [5, 5.41) is 0.542. The van der Waals surface area contributed by atoms with Gasteiger partial charge in [0.15, 0.2) is 0 Å². The molecular weight excluding hydrogens is 268 g/mol. The SMILES string of the molecule is Cc1ccc(-c2nc(C(C)(C)C)nc(Cl)c2C)c(C)c1. The summed E-state index contributed by atoms with van der Waals surface area (Å²) in [6.45, 7) is 12.5. The van der Waals surface area contributed by atoms with Gasteiger partial charge < -0.3 is 0 Å². The molecule has 0 unspecified atom stereocenters. The summed E-state index contributed by atoms with van der Waals surface area (Å²) in [6, 6.07) is 6.39. The normalized spacial score (nSPS) is 11.8. The number of benzene rings is 1. The second-order valence-electron chi connectivity index (χ2n) is 6.38. The molecule has 1 aromatic heterocycles. The molecule has 106 valence electrons. The van der Waals surface area contributed by atoms with Crippen LogP contribution in [0.4, 0.5) is 0 Å². The van der Waals surface area contributed by atoms with Gasteiger partial charge in [-0.05, 0) is 26.3 Å². The molecule has 0 aliphatic carbocycles. The molecule has 2 rings (SSSR count). The third-order valence-electron chi connectivity index (χ3n) is 3.39. The second kappa shape index (κ2) is 5.17. The summed E-state index contributed by atoms with van der Waals surface area (Å²) in [5.74, 6) is 0.781. The van der Waals surface area contributed by atoms with Crippen LogP contribution < -0.4 is 0 Å². The van der Waals surface area contributed by atoms with E-state index in [-0.39, 0.29) is 5.41 Å². The highest BCUT2D eigenvalue weighted by molar-refractivity contribution is 6.30. The van der Waals surface area contributed by atoms with Crippen LogP contribution >= 0.6 is 11.6 Å². The Kier molecular flexibility index (Phi) is 3.88. The summed E-state index contributed by atoms with van der Waals surface area (Å²) in [6.07, 6.45) is 0. The molecule has 2 nitrogen and oxygen atoms in total. The lowest BCUT2D eigenvalue weighted by Crippen LogP contribution is -2.17. The molecule has 0 N–H and O–H groups in total. The highest BCUT2D eigenvalue weighted by Gasteiger charge is 2.21. The van der Waals surface area contributed by atoms with Gasteiger partial charge in [0.2, 0.25) is 0 Å². The molecule has 0 atom stereocenters. The Morgan fingerprint density at radius 1 is 1.00 bits per heavy atom. The van der Waals surface area contributed by atoms with Crippen LogP contribution in [0.5, 0.6) is 0 Å². The maximum absolute atomic E-state index is 6.31. The van der Waals surface area contributed by atoms with E-state index >= 15 is 0 Å². The molecule has 0 bridgehead atoms. The molecule has 2 aromatic rings. The fourth-order valence-corrected chi connectivity index (χ4v) is 2.34. The first-order chi connectivity index (χ1) is 9.20. The minimum Gasteiger partial charge on any atom is -0.232 e. The van der Waals surface area contributed by atoms with Crippen molar-refractivity contribution in [3.05, 3.63) is 45.9 Å². The van der Waals surface area contributed by atoms with Crippen molar-refractivity contribution in [2.24, 2.45) is 0 Å². The van der Waals surface area contributed by atoms with Gasteiger partial charge in [0.25, 0.3) is 0 Å². The predicted octanol–water partition coefficient (Wildman–Crippen LogP) is 5.02. The van der Waals surface area contributed by atoms with E-state index in [1.54, 1.807) is 0 Å². The number of hydrogen-bond acceptors (Lipinski definition) is 2. The van der Waals surface area contributed by atoms with Gasteiger partial charge in [-0.2, -0.15) is 0 Å². The molecule has 0 fully saturated rings. The highest BCUT2D eigenvalue weighted by Crippen LogP contribution is 2.31. The fraction of sp³-hybridized carbons (Fsp3) is 0.412. The first kappa shape index (κ1) is 15.0. The van der Waals surface area contributed by atoms with Crippen LogP contribution in [-0.2, 0) is 5.41 Å². The molecule has 0 radical (unpaired) electrons. The van der Waals surface area contributed by atoms with Gasteiger partial charge in [0.05, 0.1) is 5.69 Å². The summed E-state index contributed by atoms with van der Waals surface area (Å²) in [4.78, 5) is 9.20. The van der Waals surface area contributed by atoms with Crippen molar-refractivity contribution in [1.82, 2.24) is 9.97 Å². The zero-order chi connectivity index (χ0) is 15.1. The largest absolute Gasteiger partial charge is 0.232 e. The van der Waals surface area contributed by atoms with Gasteiger partial charge in [-0.15, -0.1) is 0 Å². The number of nitrogens with zero attached hydrogens (tertiary/aromatic N) is 2. The van der Waals surface area contributed by atoms with Crippen LogP contribution in [0.1, 0.15) is 43.3 Å². The van der Waals surface area contributed by atoms with E-state index in [9.17, 15) is 0 Å². The molecule has 0 spiro atoms. The molecule has 1 heterocycles. The molecule has 20 heavy (non-hydrogen) atoms. The molecule has 0 aliphatic rings. The van der Waals surface area contributed by atoms with Crippen LogP contribution in [0.2, 0.25) is 5.15 Å². The lowest BCUT2D eigenvalue weighted by molar-refractivity contribution is 0.545. The van der Waals surface area contributed by atoms with Gasteiger partial charge in [0, 0.05) is 16.5 Å². The quantitative estimate of drug-likeness (QED) is 0.689. The Morgan fingerprint density at radius 2 is 1.65 bits per heavy atom. The topological polar surface area (TPSA) is 25.8 Å². The van der Waals surface area contributed by atoms with E-state index in [0.29, 0.717) is 5.15 Å². The third-order valence-corrected chi connectivity index (χ3v) is 3.76. The van der Waals surface area contributed by atoms with Crippen molar-refractivity contribution in [2.75, 3.05) is 0 Å². The maximum atomic E-state index is 6.31. The fourth-order valence-electron chi connectivity index (χ4n) is 2.17. The smallest absolute Gasteiger partial charge is 0.136 e. The minimum absolute atomic E-state index is 0.120. The van der Waals surface area contributed by atoms with Gasteiger partial charge in [-0.25, -0.2) is 9.97 Å². The van der Waals surface area contributed by atoms with Crippen molar-refractivity contribution < 1.29 is 0 Å². The maximum Gasteiger partial charge on any atom is 0.136 e. The van der Waals surface area contributed by atoms with Crippen molar-refractivity contribution >= 4 is 11.6 Å². The molecule has 0 saturated carbocycles. The van der Waals surface area contributed by atoms with Gasteiger partial charge in [0.1, 0.15) is 11.0 Å². The van der Waals surface area contributed by atoms with Crippen LogP contribution in [0.25, 0.3) is 11.3 Å². The van der Waals surface area contributed by atoms with Crippen molar-refractivity contribution in [2.45, 2.75) is 47.0 Å². The van der Waals surface area contributed by atoms with Crippen molar-refractivity contribution in [3.8, 4) is 11.3 Å². The summed E-state index contributed by atoms with van der Waals surface area (Å²) < 4.78 is 0.